The van der Waals surface area contributed by atoms with Crippen LogP contribution in [0.2, 0.25) is 0 Å². The summed E-state index contributed by atoms with van der Waals surface area (Å²) in [5.74, 6) is -0.287. The van der Waals surface area contributed by atoms with E-state index in [0.717, 1.165) is 25.8 Å². The Morgan fingerprint density at radius 3 is 3.08 bits per heavy atom. The molecule has 0 aromatic heterocycles. The molecular weight excluding hydrogens is 168 g/mol. The third kappa shape index (κ3) is 1.69. The van der Waals surface area contributed by atoms with Crippen molar-refractivity contribution in [1.29, 1.82) is 0 Å². The molecule has 1 aliphatic carbocycles. The van der Waals surface area contributed by atoms with Crippen molar-refractivity contribution >= 4 is 5.91 Å². The van der Waals surface area contributed by atoms with Gasteiger partial charge in [-0.3, -0.25) is 4.79 Å². The topological polar surface area (TPSA) is 64.4 Å². The van der Waals surface area contributed by atoms with Gasteiger partial charge in [0.15, 0.2) is 0 Å². The summed E-state index contributed by atoms with van der Waals surface area (Å²) in [6, 6.07) is 0.347. The van der Waals surface area contributed by atoms with E-state index in [1.54, 1.807) is 0 Å². The Morgan fingerprint density at radius 1 is 1.46 bits per heavy atom. The summed E-state index contributed by atoms with van der Waals surface area (Å²) in [4.78, 5) is 11.1. The number of morpholine rings is 1. The lowest BCUT2D eigenvalue weighted by atomic mass is 9.82. The van der Waals surface area contributed by atoms with Crippen LogP contribution >= 0.6 is 0 Å². The van der Waals surface area contributed by atoms with Crippen LogP contribution in [-0.4, -0.2) is 31.2 Å². The highest BCUT2D eigenvalue weighted by Gasteiger charge is 2.38. The minimum Gasteiger partial charge on any atom is -0.374 e. The molecule has 4 nitrogen and oxygen atoms in total. The van der Waals surface area contributed by atoms with Gasteiger partial charge in [0.2, 0.25) is 5.91 Å². The van der Waals surface area contributed by atoms with Gasteiger partial charge in [-0.15, -0.1) is 0 Å². The molecule has 2 aliphatic rings. The number of ether oxygens (including phenoxy) is 1. The molecule has 2 fully saturated rings. The lowest BCUT2D eigenvalue weighted by Crippen LogP contribution is -2.56. The number of carbonyl (C=O) groups excluding carboxylic acids is 1. The van der Waals surface area contributed by atoms with E-state index in [9.17, 15) is 4.79 Å². The molecule has 0 radical (unpaired) electrons. The van der Waals surface area contributed by atoms with Gasteiger partial charge in [-0.25, -0.2) is 0 Å². The van der Waals surface area contributed by atoms with Crippen molar-refractivity contribution in [2.45, 2.75) is 31.4 Å². The number of hydrogen-bond acceptors (Lipinski definition) is 3. The van der Waals surface area contributed by atoms with E-state index in [4.69, 9.17) is 10.5 Å². The first-order valence-corrected chi connectivity index (χ1v) is 4.93. The maximum atomic E-state index is 11.1. The van der Waals surface area contributed by atoms with Gasteiger partial charge in [0.1, 0.15) is 0 Å². The monoisotopic (exact) mass is 184 g/mol. The van der Waals surface area contributed by atoms with E-state index in [2.05, 4.69) is 5.32 Å². The van der Waals surface area contributed by atoms with Crippen molar-refractivity contribution in [2.24, 2.45) is 11.7 Å². The quantitative estimate of drug-likeness (QED) is 0.584. The molecule has 0 aromatic rings. The molecule has 13 heavy (non-hydrogen) atoms. The number of nitrogens with two attached hydrogens (primary N) is 1. The van der Waals surface area contributed by atoms with Crippen LogP contribution in [0.25, 0.3) is 0 Å². The Morgan fingerprint density at radius 2 is 2.31 bits per heavy atom. The SMILES string of the molecule is NC(=O)C1CCCC2NCCOC21. The van der Waals surface area contributed by atoms with Gasteiger partial charge in [-0.05, 0) is 12.8 Å². The van der Waals surface area contributed by atoms with Crippen LogP contribution in [0.4, 0.5) is 0 Å². The fourth-order valence-corrected chi connectivity index (χ4v) is 2.36. The molecule has 0 aromatic carbocycles. The average molecular weight is 184 g/mol. The van der Waals surface area contributed by atoms with E-state index in [1.807, 2.05) is 0 Å². The molecule has 74 valence electrons. The highest BCUT2D eigenvalue weighted by molar-refractivity contribution is 5.77. The van der Waals surface area contributed by atoms with E-state index in [1.165, 1.54) is 0 Å². The molecule has 3 atom stereocenters. The second-order valence-electron chi connectivity index (χ2n) is 3.84. The van der Waals surface area contributed by atoms with Crippen LogP contribution in [0.5, 0.6) is 0 Å². The van der Waals surface area contributed by atoms with Gasteiger partial charge in [0.25, 0.3) is 0 Å². The van der Waals surface area contributed by atoms with Crippen molar-refractivity contribution in [3.8, 4) is 0 Å². The number of nitrogens with one attached hydrogen (secondary N) is 1. The van der Waals surface area contributed by atoms with Crippen LogP contribution in [0.15, 0.2) is 0 Å². The Kier molecular flexibility index (Phi) is 2.51. The molecule has 1 heterocycles. The van der Waals surface area contributed by atoms with Crippen LogP contribution in [0, 0.1) is 5.92 Å². The van der Waals surface area contributed by atoms with Crippen molar-refractivity contribution < 1.29 is 9.53 Å². The van der Waals surface area contributed by atoms with Crippen LogP contribution in [0.1, 0.15) is 19.3 Å². The lowest BCUT2D eigenvalue weighted by molar-refractivity contribution is -0.133. The first-order valence-electron chi connectivity index (χ1n) is 4.93. The summed E-state index contributed by atoms with van der Waals surface area (Å²) in [6.07, 6.45) is 3.10. The van der Waals surface area contributed by atoms with Crippen LogP contribution < -0.4 is 11.1 Å². The Hall–Kier alpha value is -0.610. The third-order valence-electron chi connectivity index (χ3n) is 3.01. The number of carbonyl (C=O) groups is 1. The van der Waals surface area contributed by atoms with Crippen molar-refractivity contribution in [2.75, 3.05) is 13.2 Å². The summed E-state index contributed by atoms with van der Waals surface area (Å²) in [7, 11) is 0. The zero-order chi connectivity index (χ0) is 9.26. The highest BCUT2D eigenvalue weighted by atomic mass is 16.5. The number of amides is 1. The van der Waals surface area contributed by atoms with E-state index in [0.29, 0.717) is 12.6 Å². The average Bonchev–Trinajstić information content (AvgIpc) is 2.17. The second-order valence-corrected chi connectivity index (χ2v) is 3.84. The van der Waals surface area contributed by atoms with Gasteiger partial charge < -0.3 is 15.8 Å². The van der Waals surface area contributed by atoms with Gasteiger partial charge in [-0.2, -0.15) is 0 Å². The molecule has 1 saturated heterocycles. The smallest absolute Gasteiger partial charge is 0.223 e. The summed E-state index contributed by atoms with van der Waals surface area (Å²) in [5.41, 5.74) is 5.33. The molecule has 1 saturated carbocycles. The highest BCUT2D eigenvalue weighted by Crippen LogP contribution is 2.28. The molecule has 0 bridgehead atoms. The molecule has 0 spiro atoms. The van der Waals surface area contributed by atoms with Crippen molar-refractivity contribution in [1.82, 2.24) is 5.32 Å². The van der Waals surface area contributed by atoms with Gasteiger partial charge in [-0.1, -0.05) is 6.42 Å². The number of primary amides is 1. The lowest BCUT2D eigenvalue weighted by Gasteiger charge is -2.40. The molecule has 3 unspecified atom stereocenters. The molecular formula is C9H16N2O2. The Bertz CT molecular complexity index is 206. The molecule has 1 amide bonds. The number of hydrogen-bond donors (Lipinski definition) is 2. The summed E-state index contributed by atoms with van der Waals surface area (Å²) >= 11 is 0. The zero-order valence-electron chi connectivity index (χ0n) is 7.66. The van der Waals surface area contributed by atoms with Gasteiger partial charge >= 0.3 is 0 Å². The van der Waals surface area contributed by atoms with Gasteiger partial charge in [0, 0.05) is 12.6 Å². The van der Waals surface area contributed by atoms with Crippen molar-refractivity contribution in [3.05, 3.63) is 0 Å². The summed E-state index contributed by atoms with van der Waals surface area (Å²) < 4.78 is 5.59. The van der Waals surface area contributed by atoms with Crippen LogP contribution in [0.3, 0.4) is 0 Å². The summed E-state index contributed by atoms with van der Waals surface area (Å²) in [5, 5.41) is 3.37. The molecule has 3 N–H and O–H groups in total. The van der Waals surface area contributed by atoms with Crippen molar-refractivity contribution in [3.63, 3.8) is 0 Å². The molecule has 2 rings (SSSR count). The zero-order valence-corrected chi connectivity index (χ0v) is 7.66. The van der Waals surface area contributed by atoms with Crippen LogP contribution in [-0.2, 0) is 9.53 Å². The maximum absolute atomic E-state index is 11.1. The Labute approximate surface area is 77.8 Å². The van der Waals surface area contributed by atoms with Gasteiger partial charge in [0.05, 0.1) is 18.6 Å². The van der Waals surface area contributed by atoms with E-state index >= 15 is 0 Å². The number of rotatable bonds is 1. The predicted octanol–water partition coefficient (Wildman–Crippen LogP) is -0.371. The third-order valence-corrected chi connectivity index (χ3v) is 3.01. The largest absolute Gasteiger partial charge is 0.374 e. The predicted molar refractivity (Wildman–Crippen MR) is 48.1 cm³/mol. The standard InChI is InChI=1S/C9H16N2O2/c10-9(12)6-2-1-3-7-8(6)13-5-4-11-7/h6-8,11H,1-5H2,(H2,10,12). The Balaban J connectivity index is 2.06. The fraction of sp³-hybridized carbons (Fsp3) is 0.889. The second kappa shape index (κ2) is 3.64. The number of fused-ring (bicyclic) bond motifs is 1. The maximum Gasteiger partial charge on any atom is 0.223 e. The first-order chi connectivity index (χ1) is 6.29. The minimum atomic E-state index is -0.210. The fourth-order valence-electron chi connectivity index (χ4n) is 2.36. The molecule has 1 aliphatic heterocycles. The molecule has 4 heteroatoms. The minimum absolute atomic E-state index is 0.0278. The first kappa shape index (κ1) is 8.97. The van der Waals surface area contributed by atoms with E-state index in [-0.39, 0.29) is 17.9 Å². The normalized spacial score (nSPS) is 39.5. The van der Waals surface area contributed by atoms with E-state index < -0.39 is 0 Å². The summed E-state index contributed by atoms with van der Waals surface area (Å²) in [6.45, 7) is 1.59.